The zero-order valence-electron chi connectivity index (χ0n) is 9.17. The maximum atomic E-state index is 9.44. The number of aliphatic hydroxyl groups excluding tert-OH is 1. The van der Waals surface area contributed by atoms with Crippen molar-refractivity contribution in [3.63, 3.8) is 0 Å². The predicted molar refractivity (Wildman–Crippen MR) is 64.9 cm³/mol. The molecule has 17 heavy (non-hydrogen) atoms. The average molecular weight is 248 g/mol. The highest BCUT2D eigenvalue weighted by Gasteiger charge is 2.42. The normalized spacial score (nSPS) is 17.7. The van der Waals surface area contributed by atoms with Crippen molar-refractivity contribution < 1.29 is 9.84 Å². The predicted octanol–water partition coefficient (Wildman–Crippen LogP) is 1.47. The van der Waals surface area contributed by atoms with E-state index in [0.29, 0.717) is 13.2 Å². The van der Waals surface area contributed by atoms with Crippen LogP contribution < -0.4 is 0 Å². The fourth-order valence-corrected chi connectivity index (χ4v) is 2.76. The number of rotatable bonds is 3. The van der Waals surface area contributed by atoms with Crippen molar-refractivity contribution in [1.82, 2.24) is 9.97 Å². The molecule has 1 saturated heterocycles. The van der Waals surface area contributed by atoms with Crippen LogP contribution in [-0.4, -0.2) is 34.9 Å². The topological polar surface area (TPSA) is 55.2 Å². The molecule has 3 rings (SSSR count). The van der Waals surface area contributed by atoms with E-state index in [1.54, 1.807) is 17.5 Å². The van der Waals surface area contributed by atoms with Crippen LogP contribution in [0.4, 0.5) is 0 Å². The second-order valence-electron chi connectivity index (χ2n) is 4.18. The van der Waals surface area contributed by atoms with Gasteiger partial charge >= 0.3 is 0 Å². The van der Waals surface area contributed by atoms with Crippen molar-refractivity contribution >= 4 is 11.3 Å². The number of pyridine rings is 1. The molecule has 0 spiro atoms. The van der Waals surface area contributed by atoms with Crippen LogP contribution in [0.2, 0.25) is 0 Å². The monoisotopic (exact) mass is 248 g/mol. The Bertz CT molecular complexity index is 503. The lowest BCUT2D eigenvalue weighted by Gasteiger charge is -2.37. The fourth-order valence-electron chi connectivity index (χ4n) is 1.78. The summed E-state index contributed by atoms with van der Waals surface area (Å²) in [5.74, 6) is 0. The summed E-state index contributed by atoms with van der Waals surface area (Å²) < 4.78 is 5.19. The molecule has 2 aromatic rings. The minimum atomic E-state index is -0.280. The molecule has 0 amide bonds. The second-order valence-corrected chi connectivity index (χ2v) is 5.04. The van der Waals surface area contributed by atoms with Gasteiger partial charge in [0.15, 0.2) is 0 Å². The Labute approximate surface area is 103 Å². The zero-order chi connectivity index (χ0) is 11.7. The van der Waals surface area contributed by atoms with Crippen molar-refractivity contribution in [3.05, 3.63) is 34.8 Å². The number of thiazole rings is 1. The van der Waals surface area contributed by atoms with E-state index in [4.69, 9.17) is 4.74 Å². The van der Waals surface area contributed by atoms with Crippen LogP contribution in [0.3, 0.4) is 0 Å². The van der Waals surface area contributed by atoms with Gasteiger partial charge in [0, 0.05) is 11.6 Å². The molecule has 1 N–H and O–H groups in total. The summed E-state index contributed by atoms with van der Waals surface area (Å²) in [6, 6.07) is 5.75. The highest BCUT2D eigenvalue weighted by atomic mass is 32.1. The third-order valence-electron chi connectivity index (χ3n) is 2.94. The molecular weight excluding hydrogens is 236 g/mol. The molecular formula is C12H12N2O2S. The lowest BCUT2D eigenvalue weighted by Crippen LogP contribution is -2.49. The Hall–Kier alpha value is -1.30. The van der Waals surface area contributed by atoms with E-state index < -0.39 is 0 Å². The number of aromatic nitrogens is 2. The van der Waals surface area contributed by atoms with Gasteiger partial charge in [0.05, 0.1) is 36.6 Å². The minimum absolute atomic E-state index is 0.0855. The van der Waals surface area contributed by atoms with Crippen LogP contribution in [0.15, 0.2) is 29.8 Å². The summed E-state index contributed by atoms with van der Waals surface area (Å²) in [6.45, 7) is 1.19. The number of hydrogen-bond acceptors (Lipinski definition) is 5. The zero-order valence-corrected chi connectivity index (χ0v) is 9.98. The summed E-state index contributed by atoms with van der Waals surface area (Å²) in [5.41, 5.74) is 1.45. The Morgan fingerprint density at radius 2 is 2.24 bits per heavy atom. The molecule has 0 aromatic carbocycles. The third-order valence-corrected chi connectivity index (χ3v) is 4.03. The molecule has 1 fully saturated rings. The van der Waals surface area contributed by atoms with Gasteiger partial charge in [-0.2, -0.15) is 0 Å². The fraction of sp³-hybridized carbons (Fsp3) is 0.333. The molecule has 1 aliphatic rings. The lowest BCUT2D eigenvalue weighted by atomic mass is 9.88. The smallest absolute Gasteiger partial charge is 0.106 e. The van der Waals surface area contributed by atoms with Crippen LogP contribution >= 0.6 is 11.3 Å². The molecule has 4 nitrogen and oxygen atoms in total. The van der Waals surface area contributed by atoms with Gasteiger partial charge in [-0.3, -0.25) is 4.98 Å². The second kappa shape index (κ2) is 4.18. The molecule has 0 aliphatic carbocycles. The van der Waals surface area contributed by atoms with Crippen molar-refractivity contribution in [1.29, 1.82) is 0 Å². The maximum absolute atomic E-state index is 9.44. The molecule has 2 aromatic heterocycles. The maximum Gasteiger partial charge on any atom is 0.106 e. The highest BCUT2D eigenvalue weighted by Crippen LogP contribution is 2.35. The molecule has 0 saturated carbocycles. The first-order valence-corrected chi connectivity index (χ1v) is 6.28. The Morgan fingerprint density at radius 3 is 2.82 bits per heavy atom. The quantitative estimate of drug-likeness (QED) is 0.893. The first-order chi connectivity index (χ1) is 8.34. The van der Waals surface area contributed by atoms with E-state index in [-0.39, 0.29) is 12.0 Å². The van der Waals surface area contributed by atoms with Crippen LogP contribution in [0.5, 0.6) is 0 Å². The Kier molecular flexibility index (Phi) is 2.66. The van der Waals surface area contributed by atoms with Gasteiger partial charge in [-0.1, -0.05) is 6.07 Å². The van der Waals surface area contributed by atoms with Gasteiger partial charge in [-0.05, 0) is 12.1 Å². The van der Waals surface area contributed by atoms with Gasteiger partial charge in [-0.15, -0.1) is 11.3 Å². The molecule has 5 heteroatoms. The Balaban J connectivity index is 1.93. The van der Waals surface area contributed by atoms with Crippen molar-refractivity contribution in [2.24, 2.45) is 0 Å². The summed E-state index contributed by atoms with van der Waals surface area (Å²) in [6.07, 6.45) is 1.75. The molecule has 0 radical (unpaired) electrons. The van der Waals surface area contributed by atoms with E-state index in [1.165, 1.54) is 0 Å². The van der Waals surface area contributed by atoms with Crippen LogP contribution in [0, 0.1) is 0 Å². The van der Waals surface area contributed by atoms with Crippen LogP contribution in [-0.2, 0) is 10.2 Å². The van der Waals surface area contributed by atoms with E-state index in [2.05, 4.69) is 9.97 Å². The number of ether oxygens (including phenoxy) is 1. The van der Waals surface area contributed by atoms with Gasteiger partial charge < -0.3 is 9.84 Å². The summed E-state index contributed by atoms with van der Waals surface area (Å²) >= 11 is 1.56. The Morgan fingerprint density at radius 1 is 1.35 bits per heavy atom. The molecule has 3 heterocycles. The number of nitrogens with zero attached hydrogens (tertiary/aromatic N) is 2. The van der Waals surface area contributed by atoms with Crippen molar-refractivity contribution in [2.75, 3.05) is 19.8 Å². The molecule has 88 valence electrons. The highest BCUT2D eigenvalue weighted by molar-refractivity contribution is 7.10. The van der Waals surface area contributed by atoms with E-state index in [0.717, 1.165) is 16.4 Å². The summed E-state index contributed by atoms with van der Waals surface area (Å²) in [4.78, 5) is 8.83. The van der Waals surface area contributed by atoms with Gasteiger partial charge in [0.1, 0.15) is 5.01 Å². The molecule has 0 atom stereocenters. The standard InChI is InChI=1S/C12H12N2O2S/c15-6-12(7-16-8-12)11-14-10(5-17-11)9-3-1-2-4-13-9/h1-5,15H,6-8H2. The third kappa shape index (κ3) is 1.76. The lowest BCUT2D eigenvalue weighted by molar-refractivity contribution is -0.0841. The van der Waals surface area contributed by atoms with E-state index >= 15 is 0 Å². The van der Waals surface area contributed by atoms with Crippen molar-refractivity contribution in [3.8, 4) is 11.4 Å². The SMILES string of the molecule is OCC1(c2nc(-c3ccccn3)cs2)COC1. The van der Waals surface area contributed by atoms with Gasteiger partial charge in [0.2, 0.25) is 0 Å². The van der Waals surface area contributed by atoms with Crippen LogP contribution in [0.25, 0.3) is 11.4 Å². The minimum Gasteiger partial charge on any atom is -0.395 e. The molecule has 0 unspecified atom stereocenters. The summed E-state index contributed by atoms with van der Waals surface area (Å²) in [5, 5.41) is 12.4. The first kappa shape index (κ1) is 10.8. The average Bonchev–Trinajstić information content (AvgIpc) is 2.80. The van der Waals surface area contributed by atoms with Crippen molar-refractivity contribution in [2.45, 2.75) is 5.41 Å². The van der Waals surface area contributed by atoms with Crippen LogP contribution in [0.1, 0.15) is 5.01 Å². The summed E-state index contributed by atoms with van der Waals surface area (Å²) in [7, 11) is 0. The van der Waals surface area contributed by atoms with E-state index in [1.807, 2.05) is 23.6 Å². The van der Waals surface area contributed by atoms with Gasteiger partial charge in [-0.25, -0.2) is 4.98 Å². The largest absolute Gasteiger partial charge is 0.395 e. The van der Waals surface area contributed by atoms with E-state index in [9.17, 15) is 5.11 Å². The first-order valence-electron chi connectivity index (χ1n) is 5.40. The molecule has 1 aliphatic heterocycles. The van der Waals surface area contributed by atoms with Gasteiger partial charge in [0.25, 0.3) is 0 Å². The number of hydrogen-bond donors (Lipinski definition) is 1. The number of aliphatic hydroxyl groups is 1. The molecule has 0 bridgehead atoms.